The van der Waals surface area contributed by atoms with Crippen LogP contribution in [0.25, 0.3) is 0 Å². The zero-order chi connectivity index (χ0) is 18.9. The smallest absolute Gasteiger partial charge is 0.191 e. The minimum atomic E-state index is 0. The Morgan fingerprint density at radius 2 is 1.81 bits per heavy atom. The molecule has 0 aliphatic carbocycles. The molecule has 1 aliphatic heterocycles. The number of aromatic nitrogens is 1. The van der Waals surface area contributed by atoms with Crippen LogP contribution in [0.15, 0.2) is 4.99 Å². The lowest BCUT2D eigenvalue weighted by molar-refractivity contribution is 0.124. The van der Waals surface area contributed by atoms with Crippen molar-refractivity contribution in [1.82, 2.24) is 25.4 Å². The third-order valence-electron chi connectivity index (χ3n) is 4.89. The maximum absolute atomic E-state index is 4.70. The second kappa shape index (κ2) is 12.9. The molecule has 0 aromatic carbocycles. The van der Waals surface area contributed by atoms with Gasteiger partial charge in [-0.15, -0.1) is 35.3 Å². The van der Waals surface area contributed by atoms with E-state index in [9.17, 15) is 0 Å². The number of thiazole rings is 1. The minimum absolute atomic E-state index is 0. The fourth-order valence-corrected chi connectivity index (χ4v) is 4.02. The molecule has 1 aromatic heterocycles. The summed E-state index contributed by atoms with van der Waals surface area (Å²) >= 11 is 1.74. The number of piperazine rings is 1. The molecule has 2 N–H and O–H groups in total. The van der Waals surface area contributed by atoms with Crippen molar-refractivity contribution >= 4 is 41.3 Å². The van der Waals surface area contributed by atoms with Crippen LogP contribution in [-0.2, 0) is 6.54 Å². The fourth-order valence-electron chi connectivity index (χ4n) is 3.16. The summed E-state index contributed by atoms with van der Waals surface area (Å²) in [7, 11) is 0. The van der Waals surface area contributed by atoms with Gasteiger partial charge >= 0.3 is 0 Å². The van der Waals surface area contributed by atoms with Gasteiger partial charge in [-0.05, 0) is 33.2 Å². The summed E-state index contributed by atoms with van der Waals surface area (Å²) in [6.45, 7) is 20.4. The Morgan fingerprint density at radius 1 is 1.15 bits per heavy atom. The molecule has 156 valence electrons. The van der Waals surface area contributed by atoms with Crippen molar-refractivity contribution in [3.8, 4) is 0 Å². The van der Waals surface area contributed by atoms with Gasteiger partial charge in [0.25, 0.3) is 0 Å². The molecule has 2 heterocycles. The predicted octanol–water partition coefficient (Wildman–Crippen LogP) is 2.71. The van der Waals surface area contributed by atoms with Crippen molar-refractivity contribution < 1.29 is 0 Å². The molecule has 8 heteroatoms. The van der Waals surface area contributed by atoms with Crippen LogP contribution in [0.4, 0.5) is 0 Å². The van der Waals surface area contributed by atoms with Crippen LogP contribution in [0.5, 0.6) is 0 Å². The normalized spacial score (nSPS) is 17.4. The third kappa shape index (κ3) is 8.62. The van der Waals surface area contributed by atoms with Crippen LogP contribution in [0, 0.1) is 19.8 Å². The Morgan fingerprint density at radius 3 is 2.37 bits per heavy atom. The molecule has 0 amide bonds. The second-order valence-electron chi connectivity index (χ2n) is 7.17. The Bertz CT molecular complexity index is 549. The molecule has 1 aliphatic rings. The lowest BCUT2D eigenvalue weighted by atomic mass is 10.1. The summed E-state index contributed by atoms with van der Waals surface area (Å²) in [6, 6.07) is 0. The number of aryl methyl sites for hydroxylation is 2. The quantitative estimate of drug-likeness (QED) is 0.322. The SMILES string of the molecule is CCNC(=NCc1nc(C)c(C)s1)NCC(C)CN1CCN(CC)CC1.I. The first-order chi connectivity index (χ1) is 12.5. The van der Waals surface area contributed by atoms with Crippen LogP contribution >= 0.6 is 35.3 Å². The monoisotopic (exact) mass is 508 g/mol. The lowest BCUT2D eigenvalue weighted by Crippen LogP contribution is -2.48. The number of halogens is 1. The Labute approximate surface area is 186 Å². The van der Waals surface area contributed by atoms with Gasteiger partial charge in [-0.2, -0.15) is 0 Å². The highest BCUT2D eigenvalue weighted by Crippen LogP contribution is 2.16. The average molecular weight is 509 g/mol. The number of likely N-dealkylation sites (N-methyl/N-ethyl adjacent to an activating group) is 1. The molecular formula is C19H37IN6S. The van der Waals surface area contributed by atoms with Crippen molar-refractivity contribution in [2.45, 2.75) is 41.2 Å². The third-order valence-corrected chi connectivity index (χ3v) is 5.95. The standard InChI is InChI=1S/C19H36N6S.HI/c1-6-20-19(22-13-18-23-16(4)17(5)26-18)21-12-15(3)14-25-10-8-24(7-2)9-11-25;/h15H,6-14H2,1-5H3,(H2,20,21,22);1H. The number of guanidine groups is 1. The maximum atomic E-state index is 4.70. The lowest BCUT2D eigenvalue weighted by Gasteiger charge is -2.35. The van der Waals surface area contributed by atoms with Crippen LogP contribution in [0.3, 0.4) is 0 Å². The van der Waals surface area contributed by atoms with E-state index in [4.69, 9.17) is 4.99 Å². The molecular weight excluding hydrogens is 471 g/mol. The van der Waals surface area contributed by atoms with Crippen molar-refractivity contribution in [3.63, 3.8) is 0 Å². The highest BCUT2D eigenvalue weighted by molar-refractivity contribution is 14.0. The first-order valence-electron chi connectivity index (χ1n) is 9.91. The summed E-state index contributed by atoms with van der Waals surface area (Å²) in [5, 5.41) is 7.92. The Kier molecular flexibility index (Phi) is 11.7. The Hall–Kier alpha value is -0.450. The molecule has 6 nitrogen and oxygen atoms in total. The zero-order valence-corrected chi connectivity index (χ0v) is 20.7. The molecule has 1 aromatic rings. The van der Waals surface area contributed by atoms with Crippen LogP contribution in [0.2, 0.25) is 0 Å². The van der Waals surface area contributed by atoms with Gasteiger partial charge in [0.1, 0.15) is 5.01 Å². The van der Waals surface area contributed by atoms with Gasteiger partial charge in [0.05, 0.1) is 12.2 Å². The van der Waals surface area contributed by atoms with E-state index in [1.165, 1.54) is 37.6 Å². The largest absolute Gasteiger partial charge is 0.357 e. The summed E-state index contributed by atoms with van der Waals surface area (Å²) < 4.78 is 0. The molecule has 1 fully saturated rings. The summed E-state index contributed by atoms with van der Waals surface area (Å²) in [5.74, 6) is 1.48. The maximum Gasteiger partial charge on any atom is 0.191 e. The number of nitrogens with zero attached hydrogens (tertiary/aromatic N) is 4. The predicted molar refractivity (Wildman–Crippen MR) is 128 cm³/mol. The van der Waals surface area contributed by atoms with Gasteiger partial charge < -0.3 is 20.4 Å². The molecule has 0 bridgehead atoms. The van der Waals surface area contributed by atoms with Crippen molar-refractivity contribution in [2.75, 3.05) is 52.4 Å². The van der Waals surface area contributed by atoms with E-state index in [1.54, 1.807) is 11.3 Å². The first-order valence-corrected chi connectivity index (χ1v) is 10.7. The van der Waals surface area contributed by atoms with Crippen molar-refractivity contribution in [2.24, 2.45) is 10.9 Å². The Balaban J connectivity index is 0.00000364. The topological polar surface area (TPSA) is 55.8 Å². The minimum Gasteiger partial charge on any atom is -0.357 e. The van der Waals surface area contributed by atoms with Crippen LogP contribution in [0.1, 0.15) is 36.3 Å². The summed E-state index contributed by atoms with van der Waals surface area (Å²) in [4.78, 5) is 15.7. The van der Waals surface area contributed by atoms with Gasteiger partial charge in [0.15, 0.2) is 5.96 Å². The van der Waals surface area contributed by atoms with E-state index < -0.39 is 0 Å². The zero-order valence-electron chi connectivity index (χ0n) is 17.5. The molecule has 1 saturated heterocycles. The van der Waals surface area contributed by atoms with Crippen molar-refractivity contribution in [3.05, 3.63) is 15.6 Å². The van der Waals surface area contributed by atoms with Gasteiger partial charge in [0.2, 0.25) is 0 Å². The molecule has 27 heavy (non-hydrogen) atoms. The van der Waals surface area contributed by atoms with Gasteiger partial charge in [-0.25, -0.2) is 9.98 Å². The number of nitrogens with one attached hydrogen (secondary N) is 2. The first kappa shape index (κ1) is 24.6. The fraction of sp³-hybridized carbons (Fsp3) is 0.789. The van der Waals surface area contributed by atoms with Crippen LogP contribution < -0.4 is 10.6 Å². The van der Waals surface area contributed by atoms with E-state index in [0.717, 1.165) is 36.3 Å². The number of hydrogen-bond donors (Lipinski definition) is 2. The second-order valence-corrected chi connectivity index (χ2v) is 8.45. The van der Waals surface area contributed by atoms with Crippen LogP contribution in [-0.4, -0.2) is 73.1 Å². The summed E-state index contributed by atoms with van der Waals surface area (Å²) in [5.41, 5.74) is 1.12. The number of aliphatic imine (C=N–C) groups is 1. The average Bonchev–Trinajstić information content (AvgIpc) is 2.96. The summed E-state index contributed by atoms with van der Waals surface area (Å²) in [6.07, 6.45) is 0. The molecule has 0 saturated carbocycles. The molecule has 1 unspecified atom stereocenters. The molecule has 0 spiro atoms. The molecule has 1 atom stereocenters. The number of rotatable bonds is 8. The van der Waals surface area contributed by atoms with E-state index >= 15 is 0 Å². The molecule has 0 radical (unpaired) electrons. The van der Waals surface area contributed by atoms with Gasteiger partial charge in [-0.3, -0.25) is 0 Å². The van der Waals surface area contributed by atoms with Gasteiger partial charge in [0, 0.05) is 50.7 Å². The van der Waals surface area contributed by atoms with E-state index in [1.807, 2.05) is 0 Å². The van der Waals surface area contributed by atoms with E-state index in [0.29, 0.717) is 12.5 Å². The van der Waals surface area contributed by atoms with E-state index in [2.05, 4.69) is 60.0 Å². The van der Waals surface area contributed by atoms with Crippen molar-refractivity contribution in [1.29, 1.82) is 0 Å². The van der Waals surface area contributed by atoms with E-state index in [-0.39, 0.29) is 24.0 Å². The number of hydrogen-bond acceptors (Lipinski definition) is 5. The van der Waals surface area contributed by atoms with Gasteiger partial charge in [-0.1, -0.05) is 13.8 Å². The highest BCUT2D eigenvalue weighted by Gasteiger charge is 2.17. The molecule has 2 rings (SSSR count). The highest BCUT2D eigenvalue weighted by atomic mass is 127.